The lowest BCUT2D eigenvalue weighted by Gasteiger charge is -2.36. The van der Waals surface area contributed by atoms with Crippen LogP contribution in [-0.4, -0.2) is 37.3 Å². The van der Waals surface area contributed by atoms with Gasteiger partial charge in [0.2, 0.25) is 0 Å². The van der Waals surface area contributed by atoms with Gasteiger partial charge in [-0.3, -0.25) is 4.90 Å². The van der Waals surface area contributed by atoms with Crippen LogP contribution in [0, 0.1) is 0 Å². The molecule has 1 aromatic rings. The van der Waals surface area contributed by atoms with E-state index in [1.54, 1.807) is 12.1 Å². The molecule has 1 atom stereocenters. The van der Waals surface area contributed by atoms with Crippen LogP contribution in [0.4, 0.5) is 18.9 Å². The molecule has 1 aliphatic rings. The molecular formula is C13H17ClF3N3. The lowest BCUT2D eigenvalue weighted by molar-refractivity contribution is -0.148. The molecule has 112 valence electrons. The quantitative estimate of drug-likeness (QED) is 0.844. The van der Waals surface area contributed by atoms with Crippen molar-refractivity contribution in [2.75, 3.05) is 31.9 Å². The zero-order chi connectivity index (χ0) is 14.8. The van der Waals surface area contributed by atoms with Crippen molar-refractivity contribution >= 4 is 17.3 Å². The SMILES string of the molecule is Nc1ccc(Cl)cc1[C@H](CC(F)(F)F)N1CCNCC1. The van der Waals surface area contributed by atoms with Crippen molar-refractivity contribution in [3.05, 3.63) is 28.8 Å². The lowest BCUT2D eigenvalue weighted by atomic mass is 9.99. The standard InChI is InChI=1S/C13H17ClF3N3/c14-9-1-2-11(18)10(7-9)12(8-13(15,16)17)20-5-3-19-4-6-20/h1-2,7,12,19H,3-6,8,18H2/t12-/m0/s1. The van der Waals surface area contributed by atoms with Crippen molar-refractivity contribution in [1.29, 1.82) is 0 Å². The molecule has 0 bridgehead atoms. The normalized spacial score (nSPS) is 19.0. The molecule has 7 heteroatoms. The van der Waals surface area contributed by atoms with Gasteiger partial charge in [-0.05, 0) is 23.8 Å². The molecule has 20 heavy (non-hydrogen) atoms. The highest BCUT2D eigenvalue weighted by Crippen LogP contribution is 2.37. The largest absolute Gasteiger partial charge is 0.398 e. The zero-order valence-corrected chi connectivity index (χ0v) is 11.6. The number of nitrogens with two attached hydrogens (primary N) is 1. The third-order valence-corrected chi connectivity index (χ3v) is 3.66. The smallest absolute Gasteiger partial charge is 0.390 e. The highest BCUT2D eigenvalue weighted by molar-refractivity contribution is 6.30. The molecule has 0 aliphatic carbocycles. The fourth-order valence-corrected chi connectivity index (χ4v) is 2.66. The number of hydrogen-bond acceptors (Lipinski definition) is 3. The summed E-state index contributed by atoms with van der Waals surface area (Å²) in [6.07, 6.45) is -5.16. The summed E-state index contributed by atoms with van der Waals surface area (Å²) in [7, 11) is 0. The Kier molecular flexibility index (Phi) is 4.78. The number of benzene rings is 1. The van der Waals surface area contributed by atoms with Crippen molar-refractivity contribution in [1.82, 2.24) is 10.2 Å². The van der Waals surface area contributed by atoms with Gasteiger partial charge in [0.25, 0.3) is 0 Å². The van der Waals surface area contributed by atoms with Crippen LogP contribution in [0.1, 0.15) is 18.0 Å². The first-order chi connectivity index (χ1) is 9.37. The molecule has 0 spiro atoms. The van der Waals surface area contributed by atoms with Crippen LogP contribution in [-0.2, 0) is 0 Å². The number of nitrogens with one attached hydrogen (secondary N) is 1. The summed E-state index contributed by atoms with van der Waals surface area (Å²) < 4.78 is 38.6. The van der Waals surface area contributed by atoms with Gasteiger partial charge in [-0.2, -0.15) is 13.2 Å². The molecule has 3 N–H and O–H groups in total. The predicted molar refractivity (Wildman–Crippen MR) is 73.7 cm³/mol. The molecule has 1 heterocycles. The van der Waals surface area contributed by atoms with Crippen LogP contribution in [0.2, 0.25) is 5.02 Å². The Labute approximate surface area is 120 Å². The molecule has 0 aromatic heterocycles. The van der Waals surface area contributed by atoms with Crippen LogP contribution >= 0.6 is 11.6 Å². The zero-order valence-electron chi connectivity index (χ0n) is 10.9. The Balaban J connectivity index is 2.31. The molecule has 0 saturated carbocycles. The Morgan fingerprint density at radius 3 is 2.55 bits per heavy atom. The molecule has 3 nitrogen and oxygen atoms in total. The number of anilines is 1. The van der Waals surface area contributed by atoms with Gasteiger partial charge in [-0.15, -0.1) is 0 Å². The summed E-state index contributed by atoms with van der Waals surface area (Å²) in [5.41, 5.74) is 6.65. The van der Waals surface area contributed by atoms with E-state index in [1.807, 2.05) is 4.90 Å². The van der Waals surface area contributed by atoms with Crippen LogP contribution in [0.25, 0.3) is 0 Å². The predicted octanol–water partition coefficient (Wildman–Crippen LogP) is 2.82. The van der Waals surface area contributed by atoms with Gasteiger partial charge in [-0.25, -0.2) is 0 Å². The summed E-state index contributed by atoms with van der Waals surface area (Å²) in [6.45, 7) is 2.48. The minimum atomic E-state index is -4.25. The average Bonchev–Trinajstić information content (AvgIpc) is 2.39. The van der Waals surface area contributed by atoms with E-state index in [-0.39, 0.29) is 0 Å². The van der Waals surface area contributed by atoms with E-state index < -0.39 is 18.6 Å². The minimum absolute atomic E-state index is 0.349. The first-order valence-corrected chi connectivity index (χ1v) is 6.81. The number of halogens is 4. The maximum absolute atomic E-state index is 12.9. The molecule has 1 saturated heterocycles. The molecule has 1 aromatic carbocycles. The summed E-state index contributed by atoms with van der Waals surface area (Å²) in [6, 6.07) is 3.90. The van der Waals surface area contributed by atoms with Crippen molar-refractivity contribution in [3.8, 4) is 0 Å². The molecule has 0 unspecified atom stereocenters. The highest BCUT2D eigenvalue weighted by atomic mass is 35.5. The highest BCUT2D eigenvalue weighted by Gasteiger charge is 2.36. The third kappa shape index (κ3) is 4.01. The van der Waals surface area contributed by atoms with E-state index in [0.29, 0.717) is 42.5 Å². The number of alkyl halides is 3. The number of piperazine rings is 1. The van der Waals surface area contributed by atoms with Crippen molar-refractivity contribution in [2.45, 2.75) is 18.6 Å². The topological polar surface area (TPSA) is 41.3 Å². The molecular weight excluding hydrogens is 291 g/mol. The Morgan fingerprint density at radius 2 is 1.95 bits per heavy atom. The fraction of sp³-hybridized carbons (Fsp3) is 0.538. The molecule has 0 radical (unpaired) electrons. The number of nitrogen functional groups attached to an aromatic ring is 1. The first-order valence-electron chi connectivity index (χ1n) is 6.43. The number of hydrogen-bond donors (Lipinski definition) is 2. The third-order valence-electron chi connectivity index (χ3n) is 3.42. The number of nitrogens with zero attached hydrogens (tertiary/aromatic N) is 1. The van der Waals surface area contributed by atoms with Crippen LogP contribution in [0.15, 0.2) is 18.2 Å². The van der Waals surface area contributed by atoms with Gasteiger partial charge < -0.3 is 11.1 Å². The lowest BCUT2D eigenvalue weighted by Crippen LogP contribution is -2.46. The molecule has 0 amide bonds. The van der Waals surface area contributed by atoms with Gasteiger partial charge in [-0.1, -0.05) is 11.6 Å². The second-order valence-corrected chi connectivity index (χ2v) is 5.33. The molecule has 2 rings (SSSR count). The Hall–Kier alpha value is -0.980. The molecule has 1 aliphatic heterocycles. The Bertz CT molecular complexity index is 459. The first kappa shape index (κ1) is 15.4. The van der Waals surface area contributed by atoms with Crippen LogP contribution < -0.4 is 11.1 Å². The van der Waals surface area contributed by atoms with Crippen molar-refractivity contribution < 1.29 is 13.2 Å². The summed E-state index contributed by atoms with van der Waals surface area (Å²) >= 11 is 5.90. The average molecular weight is 308 g/mol. The summed E-state index contributed by atoms with van der Waals surface area (Å²) in [5.74, 6) is 0. The van der Waals surface area contributed by atoms with Gasteiger partial charge in [0, 0.05) is 42.9 Å². The Morgan fingerprint density at radius 1 is 1.30 bits per heavy atom. The van der Waals surface area contributed by atoms with Crippen LogP contribution in [0.5, 0.6) is 0 Å². The maximum atomic E-state index is 12.9. The monoisotopic (exact) mass is 307 g/mol. The van der Waals surface area contributed by atoms with E-state index in [4.69, 9.17) is 17.3 Å². The van der Waals surface area contributed by atoms with E-state index in [1.165, 1.54) is 6.07 Å². The van der Waals surface area contributed by atoms with E-state index >= 15 is 0 Å². The summed E-state index contributed by atoms with van der Waals surface area (Å²) in [5, 5.41) is 3.53. The van der Waals surface area contributed by atoms with Gasteiger partial charge >= 0.3 is 6.18 Å². The van der Waals surface area contributed by atoms with E-state index in [2.05, 4.69) is 5.32 Å². The second-order valence-electron chi connectivity index (χ2n) is 4.89. The van der Waals surface area contributed by atoms with E-state index in [9.17, 15) is 13.2 Å². The van der Waals surface area contributed by atoms with Crippen molar-refractivity contribution in [2.24, 2.45) is 0 Å². The second kappa shape index (κ2) is 6.20. The van der Waals surface area contributed by atoms with Crippen molar-refractivity contribution in [3.63, 3.8) is 0 Å². The molecule has 1 fully saturated rings. The summed E-state index contributed by atoms with van der Waals surface area (Å²) in [4.78, 5) is 1.81. The van der Waals surface area contributed by atoms with Crippen LogP contribution in [0.3, 0.4) is 0 Å². The minimum Gasteiger partial charge on any atom is -0.398 e. The maximum Gasteiger partial charge on any atom is 0.390 e. The van der Waals surface area contributed by atoms with Gasteiger partial charge in [0.1, 0.15) is 0 Å². The fourth-order valence-electron chi connectivity index (χ4n) is 2.48. The van der Waals surface area contributed by atoms with Gasteiger partial charge in [0.05, 0.1) is 6.42 Å². The number of rotatable bonds is 3. The van der Waals surface area contributed by atoms with E-state index in [0.717, 1.165) is 0 Å². The van der Waals surface area contributed by atoms with Gasteiger partial charge in [0.15, 0.2) is 0 Å².